The number of nitrogens with two attached hydrogens (primary N) is 1. The second kappa shape index (κ2) is 6.85. The molecular weight excluding hydrogens is 350 g/mol. The number of sulfone groups is 1. The molecule has 1 aliphatic carbocycles. The molecule has 138 valence electrons. The third kappa shape index (κ3) is 2.93. The van der Waals surface area contributed by atoms with Gasteiger partial charge in [-0.05, 0) is 36.6 Å². The summed E-state index contributed by atoms with van der Waals surface area (Å²) in [4.78, 5) is 12.7. The molecule has 6 heteroatoms. The highest BCUT2D eigenvalue weighted by Gasteiger charge is 2.74. The van der Waals surface area contributed by atoms with Gasteiger partial charge in [0.25, 0.3) is 0 Å². The van der Waals surface area contributed by atoms with Gasteiger partial charge in [0.05, 0.1) is 11.5 Å². The molecule has 26 heavy (non-hydrogen) atoms. The van der Waals surface area contributed by atoms with Crippen LogP contribution in [0.1, 0.15) is 30.9 Å². The number of ether oxygens (including phenoxy) is 1. The van der Waals surface area contributed by atoms with Gasteiger partial charge in [0.15, 0.2) is 9.84 Å². The van der Waals surface area contributed by atoms with Crippen LogP contribution in [0.4, 0.5) is 0 Å². The molecule has 0 aromatic heterocycles. The van der Waals surface area contributed by atoms with E-state index >= 15 is 0 Å². The summed E-state index contributed by atoms with van der Waals surface area (Å²) < 4.78 is 31.4. The Morgan fingerprint density at radius 1 is 1.08 bits per heavy atom. The first kappa shape index (κ1) is 18.6. The Kier molecular flexibility index (Phi) is 4.90. The van der Waals surface area contributed by atoms with Crippen molar-refractivity contribution in [1.29, 1.82) is 0 Å². The first-order chi connectivity index (χ1) is 12.4. The number of carbonyl (C=O) groups excluding carboxylic acids is 1. The van der Waals surface area contributed by atoms with Crippen LogP contribution in [0.3, 0.4) is 0 Å². The molecule has 1 saturated carbocycles. The van der Waals surface area contributed by atoms with Crippen molar-refractivity contribution < 1.29 is 17.9 Å². The van der Waals surface area contributed by atoms with Gasteiger partial charge in [0.1, 0.15) is 10.8 Å². The third-order valence-electron chi connectivity index (χ3n) is 4.96. The zero-order chi connectivity index (χ0) is 18.9. The SMILES string of the molecule is CCOC(=O)[C@]1(N)[C@H](c2ccc(CC)cc2)[C@@H]1S(=O)(=O)c1ccccc1. The topological polar surface area (TPSA) is 86.5 Å². The largest absolute Gasteiger partial charge is 0.465 e. The number of esters is 1. The molecule has 0 saturated heterocycles. The minimum Gasteiger partial charge on any atom is -0.465 e. The van der Waals surface area contributed by atoms with Gasteiger partial charge >= 0.3 is 5.97 Å². The van der Waals surface area contributed by atoms with Crippen LogP contribution >= 0.6 is 0 Å². The molecule has 1 aliphatic rings. The van der Waals surface area contributed by atoms with Crippen LogP contribution < -0.4 is 5.73 Å². The van der Waals surface area contributed by atoms with E-state index in [0.717, 1.165) is 17.5 Å². The highest BCUT2D eigenvalue weighted by Crippen LogP contribution is 2.56. The Labute approximate surface area is 154 Å². The summed E-state index contributed by atoms with van der Waals surface area (Å²) in [6.07, 6.45) is 0.877. The summed E-state index contributed by atoms with van der Waals surface area (Å²) in [6, 6.07) is 15.7. The molecule has 2 aromatic carbocycles. The maximum atomic E-state index is 13.1. The van der Waals surface area contributed by atoms with Crippen LogP contribution in [0.25, 0.3) is 0 Å². The van der Waals surface area contributed by atoms with E-state index < -0.39 is 32.5 Å². The van der Waals surface area contributed by atoms with E-state index in [2.05, 4.69) is 0 Å². The van der Waals surface area contributed by atoms with Crippen molar-refractivity contribution in [3.8, 4) is 0 Å². The molecule has 0 radical (unpaired) electrons. The maximum Gasteiger partial charge on any atom is 0.328 e. The van der Waals surface area contributed by atoms with Crippen molar-refractivity contribution >= 4 is 15.8 Å². The monoisotopic (exact) mass is 373 g/mol. The number of aryl methyl sites for hydroxylation is 1. The molecule has 2 N–H and O–H groups in total. The van der Waals surface area contributed by atoms with Gasteiger partial charge < -0.3 is 10.5 Å². The number of benzene rings is 2. The van der Waals surface area contributed by atoms with E-state index in [4.69, 9.17) is 10.5 Å². The summed E-state index contributed by atoms with van der Waals surface area (Å²) in [5, 5.41) is -1.04. The summed E-state index contributed by atoms with van der Waals surface area (Å²) in [6.45, 7) is 3.87. The number of carbonyl (C=O) groups is 1. The van der Waals surface area contributed by atoms with Gasteiger partial charge in [0, 0.05) is 5.92 Å². The van der Waals surface area contributed by atoms with Crippen LogP contribution in [0.15, 0.2) is 59.5 Å². The Morgan fingerprint density at radius 2 is 1.69 bits per heavy atom. The molecule has 0 amide bonds. The average Bonchev–Trinajstić information content (AvgIpc) is 3.31. The average molecular weight is 373 g/mol. The molecule has 0 heterocycles. The predicted molar refractivity (Wildman–Crippen MR) is 99.5 cm³/mol. The Hall–Kier alpha value is -2.18. The molecule has 0 aliphatic heterocycles. The quantitative estimate of drug-likeness (QED) is 0.786. The Balaban J connectivity index is 2.04. The molecule has 0 spiro atoms. The van der Waals surface area contributed by atoms with Gasteiger partial charge in [-0.1, -0.05) is 49.4 Å². The summed E-state index contributed by atoms with van der Waals surface area (Å²) >= 11 is 0. The second-order valence-electron chi connectivity index (χ2n) is 6.50. The highest BCUT2D eigenvalue weighted by atomic mass is 32.2. The van der Waals surface area contributed by atoms with Crippen LogP contribution in [-0.2, 0) is 25.8 Å². The zero-order valence-corrected chi connectivity index (χ0v) is 15.7. The molecule has 0 bridgehead atoms. The summed E-state index contributed by atoms with van der Waals surface area (Å²) in [7, 11) is -3.78. The molecule has 3 rings (SSSR count). The van der Waals surface area contributed by atoms with Crippen molar-refractivity contribution in [3.63, 3.8) is 0 Å². The van der Waals surface area contributed by atoms with Crippen LogP contribution in [-0.4, -0.2) is 31.8 Å². The van der Waals surface area contributed by atoms with Gasteiger partial charge in [-0.2, -0.15) is 0 Å². The molecular formula is C20H23NO4S. The molecule has 1 fully saturated rings. The minimum atomic E-state index is -3.78. The Bertz CT molecular complexity index is 893. The first-order valence-corrected chi connectivity index (χ1v) is 10.3. The predicted octanol–water partition coefficient (Wildman–Crippen LogP) is 2.45. The maximum absolute atomic E-state index is 13.1. The second-order valence-corrected chi connectivity index (χ2v) is 8.57. The van der Waals surface area contributed by atoms with E-state index in [1.807, 2.05) is 31.2 Å². The van der Waals surface area contributed by atoms with E-state index in [1.165, 1.54) is 12.1 Å². The number of hydrogen-bond acceptors (Lipinski definition) is 5. The molecule has 3 atom stereocenters. The van der Waals surface area contributed by atoms with Gasteiger partial charge in [-0.25, -0.2) is 13.2 Å². The number of rotatable bonds is 6. The van der Waals surface area contributed by atoms with E-state index in [9.17, 15) is 13.2 Å². The lowest BCUT2D eigenvalue weighted by Gasteiger charge is -2.11. The smallest absolute Gasteiger partial charge is 0.328 e. The van der Waals surface area contributed by atoms with Gasteiger partial charge in [-0.3, -0.25) is 0 Å². The summed E-state index contributed by atoms with van der Waals surface area (Å²) in [5.74, 6) is -1.30. The van der Waals surface area contributed by atoms with Gasteiger partial charge in [0.2, 0.25) is 0 Å². The van der Waals surface area contributed by atoms with Crippen LogP contribution in [0.2, 0.25) is 0 Å². The fourth-order valence-corrected chi connectivity index (χ4v) is 5.73. The molecule has 2 aromatic rings. The van der Waals surface area contributed by atoms with E-state index in [1.54, 1.807) is 25.1 Å². The van der Waals surface area contributed by atoms with Crippen molar-refractivity contribution in [2.75, 3.05) is 6.61 Å². The fourth-order valence-electron chi connectivity index (χ4n) is 3.48. The van der Waals surface area contributed by atoms with Crippen molar-refractivity contribution in [2.24, 2.45) is 5.73 Å². The lowest BCUT2D eigenvalue weighted by Crippen LogP contribution is -2.41. The third-order valence-corrected chi connectivity index (χ3v) is 7.22. The standard InChI is InChI=1S/C20H23NO4S/c1-3-14-10-12-15(13-11-14)17-18(20(17,21)19(22)25-4-2)26(23,24)16-8-6-5-7-9-16/h5-13,17-18H,3-4,21H2,1-2H3/t17-,18+,20+/m1/s1. The lowest BCUT2D eigenvalue weighted by molar-refractivity contribution is -0.145. The van der Waals surface area contributed by atoms with Gasteiger partial charge in [-0.15, -0.1) is 0 Å². The van der Waals surface area contributed by atoms with E-state index in [-0.39, 0.29) is 11.5 Å². The van der Waals surface area contributed by atoms with Crippen LogP contribution in [0, 0.1) is 0 Å². The van der Waals surface area contributed by atoms with Crippen molar-refractivity contribution in [1.82, 2.24) is 0 Å². The normalized spacial score (nSPS) is 24.9. The van der Waals surface area contributed by atoms with Crippen molar-refractivity contribution in [2.45, 2.75) is 41.9 Å². The molecule has 0 unspecified atom stereocenters. The zero-order valence-electron chi connectivity index (χ0n) is 14.9. The molecule has 5 nitrogen and oxygen atoms in total. The highest BCUT2D eigenvalue weighted by molar-refractivity contribution is 7.92. The number of hydrogen-bond donors (Lipinski definition) is 1. The van der Waals surface area contributed by atoms with Crippen molar-refractivity contribution in [3.05, 3.63) is 65.7 Å². The lowest BCUT2D eigenvalue weighted by atomic mass is 10.0. The summed E-state index contributed by atoms with van der Waals surface area (Å²) in [5.41, 5.74) is 6.64. The van der Waals surface area contributed by atoms with E-state index in [0.29, 0.717) is 0 Å². The fraction of sp³-hybridized carbons (Fsp3) is 0.350. The first-order valence-electron chi connectivity index (χ1n) is 8.71. The minimum absolute atomic E-state index is 0.150. The Morgan fingerprint density at radius 3 is 2.23 bits per heavy atom. The van der Waals surface area contributed by atoms with Crippen LogP contribution in [0.5, 0.6) is 0 Å².